The van der Waals surface area contributed by atoms with Gasteiger partial charge < -0.3 is 5.32 Å². The number of nitrogens with zero attached hydrogens (tertiary/aromatic N) is 1. The zero-order chi connectivity index (χ0) is 13.0. The average molecular weight is 246 g/mol. The zero-order valence-corrected chi connectivity index (χ0v) is 11.9. The summed E-state index contributed by atoms with van der Waals surface area (Å²) in [6.45, 7) is 7.00. The molecule has 1 aliphatic heterocycles. The van der Waals surface area contributed by atoms with Gasteiger partial charge in [0.25, 0.3) is 0 Å². The first kappa shape index (κ1) is 13.6. The quantitative estimate of drug-likeness (QED) is 0.878. The third kappa shape index (κ3) is 3.12. The number of hydrogen-bond acceptors (Lipinski definition) is 2. The second-order valence-corrected chi connectivity index (χ2v) is 5.71. The van der Waals surface area contributed by atoms with Crippen LogP contribution in [0.5, 0.6) is 0 Å². The predicted octanol–water partition coefficient (Wildman–Crippen LogP) is 3.07. The van der Waals surface area contributed by atoms with Gasteiger partial charge in [-0.15, -0.1) is 0 Å². The molecule has 1 N–H and O–H groups in total. The minimum Gasteiger partial charge on any atom is -0.318 e. The molecular formula is C16H26N2. The van der Waals surface area contributed by atoms with Crippen LogP contribution in [0.25, 0.3) is 0 Å². The van der Waals surface area contributed by atoms with E-state index in [1.165, 1.54) is 24.9 Å². The molecule has 2 nitrogen and oxygen atoms in total. The molecule has 1 aromatic rings. The van der Waals surface area contributed by atoms with E-state index in [1.807, 2.05) is 7.05 Å². The first-order chi connectivity index (χ1) is 8.72. The van der Waals surface area contributed by atoms with Crippen LogP contribution < -0.4 is 5.32 Å². The van der Waals surface area contributed by atoms with E-state index in [9.17, 15) is 0 Å². The summed E-state index contributed by atoms with van der Waals surface area (Å²) in [5.74, 6) is 0.823. The van der Waals surface area contributed by atoms with E-state index in [2.05, 4.69) is 54.4 Å². The molecule has 1 aliphatic rings. The molecule has 0 aromatic heterocycles. The molecule has 0 amide bonds. The topological polar surface area (TPSA) is 15.3 Å². The fourth-order valence-electron chi connectivity index (χ4n) is 3.05. The van der Waals surface area contributed by atoms with Crippen molar-refractivity contribution in [2.45, 2.75) is 38.8 Å². The highest BCUT2D eigenvalue weighted by atomic mass is 15.2. The van der Waals surface area contributed by atoms with E-state index in [0.717, 1.165) is 12.5 Å². The van der Waals surface area contributed by atoms with Crippen molar-refractivity contribution in [1.82, 2.24) is 10.2 Å². The van der Waals surface area contributed by atoms with Crippen molar-refractivity contribution in [1.29, 1.82) is 0 Å². The molecule has 0 radical (unpaired) electrons. The Morgan fingerprint density at radius 2 is 1.94 bits per heavy atom. The molecule has 3 atom stereocenters. The molecule has 1 fully saturated rings. The van der Waals surface area contributed by atoms with Gasteiger partial charge in [0.15, 0.2) is 0 Å². The summed E-state index contributed by atoms with van der Waals surface area (Å²) in [4.78, 5) is 2.68. The van der Waals surface area contributed by atoms with Gasteiger partial charge in [-0.05, 0) is 38.3 Å². The summed E-state index contributed by atoms with van der Waals surface area (Å²) in [5, 5.41) is 3.36. The van der Waals surface area contributed by atoms with Gasteiger partial charge in [-0.3, -0.25) is 4.90 Å². The number of nitrogens with one attached hydrogen (secondary N) is 1. The molecule has 1 aromatic carbocycles. The highest BCUT2D eigenvalue weighted by molar-refractivity contribution is 5.20. The Kier molecular flexibility index (Phi) is 4.79. The van der Waals surface area contributed by atoms with Crippen molar-refractivity contribution >= 4 is 0 Å². The molecule has 0 spiro atoms. The Hall–Kier alpha value is -0.860. The summed E-state index contributed by atoms with van der Waals surface area (Å²) in [5.41, 5.74) is 1.44. The summed E-state index contributed by atoms with van der Waals surface area (Å²) < 4.78 is 0. The van der Waals surface area contributed by atoms with Crippen LogP contribution in [0.1, 0.15) is 38.3 Å². The third-order valence-corrected chi connectivity index (χ3v) is 4.15. The van der Waals surface area contributed by atoms with Crippen molar-refractivity contribution in [3.63, 3.8) is 0 Å². The molecule has 0 bridgehead atoms. The standard InChI is InChI=1S/C16H26N2/c1-13-9-10-14(2)18(12-13)16(11-17-3)15-7-5-4-6-8-15/h4-8,13-14,16-17H,9-12H2,1-3H3. The van der Waals surface area contributed by atoms with Crippen LogP contribution >= 0.6 is 0 Å². The van der Waals surface area contributed by atoms with Gasteiger partial charge in [0.2, 0.25) is 0 Å². The lowest BCUT2D eigenvalue weighted by molar-refractivity contribution is 0.0766. The molecular weight excluding hydrogens is 220 g/mol. The van der Waals surface area contributed by atoms with E-state index in [4.69, 9.17) is 0 Å². The number of piperidine rings is 1. The van der Waals surface area contributed by atoms with Crippen molar-refractivity contribution in [2.75, 3.05) is 20.1 Å². The van der Waals surface area contributed by atoms with Crippen LogP contribution in [0.2, 0.25) is 0 Å². The van der Waals surface area contributed by atoms with Gasteiger partial charge in [0.05, 0.1) is 0 Å². The molecule has 0 aliphatic carbocycles. The maximum atomic E-state index is 3.36. The van der Waals surface area contributed by atoms with Gasteiger partial charge in [-0.2, -0.15) is 0 Å². The fourth-order valence-corrected chi connectivity index (χ4v) is 3.05. The van der Waals surface area contributed by atoms with Crippen molar-refractivity contribution < 1.29 is 0 Å². The molecule has 18 heavy (non-hydrogen) atoms. The molecule has 100 valence electrons. The molecule has 3 unspecified atom stereocenters. The van der Waals surface area contributed by atoms with Crippen LogP contribution in [-0.4, -0.2) is 31.1 Å². The van der Waals surface area contributed by atoms with Gasteiger partial charge in [-0.1, -0.05) is 37.3 Å². The van der Waals surface area contributed by atoms with Crippen molar-refractivity contribution in [3.8, 4) is 0 Å². The minimum absolute atomic E-state index is 0.508. The van der Waals surface area contributed by atoms with Crippen LogP contribution in [0.4, 0.5) is 0 Å². The first-order valence-electron chi connectivity index (χ1n) is 7.17. The van der Waals surface area contributed by atoms with E-state index in [-0.39, 0.29) is 0 Å². The largest absolute Gasteiger partial charge is 0.318 e. The minimum atomic E-state index is 0.508. The normalized spacial score (nSPS) is 27.1. The van der Waals surface area contributed by atoms with Gasteiger partial charge >= 0.3 is 0 Å². The number of hydrogen-bond donors (Lipinski definition) is 1. The monoisotopic (exact) mass is 246 g/mol. The first-order valence-corrected chi connectivity index (χ1v) is 7.17. The number of rotatable bonds is 4. The summed E-state index contributed by atoms with van der Waals surface area (Å²) >= 11 is 0. The van der Waals surface area contributed by atoms with Crippen LogP contribution in [0.3, 0.4) is 0 Å². The second kappa shape index (κ2) is 6.35. The third-order valence-electron chi connectivity index (χ3n) is 4.15. The van der Waals surface area contributed by atoms with Crippen LogP contribution in [0.15, 0.2) is 30.3 Å². The maximum absolute atomic E-state index is 3.36. The number of likely N-dealkylation sites (N-methyl/N-ethyl adjacent to an activating group) is 1. The predicted molar refractivity (Wildman–Crippen MR) is 77.7 cm³/mol. The summed E-state index contributed by atoms with van der Waals surface area (Å²) in [7, 11) is 2.05. The zero-order valence-electron chi connectivity index (χ0n) is 11.9. The molecule has 1 saturated heterocycles. The highest BCUT2D eigenvalue weighted by Gasteiger charge is 2.29. The maximum Gasteiger partial charge on any atom is 0.0475 e. The van der Waals surface area contributed by atoms with Gasteiger partial charge in [0, 0.05) is 25.2 Å². The summed E-state index contributed by atoms with van der Waals surface area (Å²) in [6.07, 6.45) is 2.70. The lowest BCUT2D eigenvalue weighted by Gasteiger charge is -2.42. The van der Waals surface area contributed by atoms with Crippen molar-refractivity contribution in [2.24, 2.45) is 5.92 Å². The smallest absolute Gasteiger partial charge is 0.0475 e. The molecule has 2 heteroatoms. The molecule has 0 saturated carbocycles. The number of benzene rings is 1. The van der Waals surface area contributed by atoms with E-state index >= 15 is 0 Å². The Morgan fingerprint density at radius 3 is 2.61 bits per heavy atom. The Balaban J connectivity index is 2.18. The van der Waals surface area contributed by atoms with Gasteiger partial charge in [-0.25, -0.2) is 0 Å². The van der Waals surface area contributed by atoms with Crippen LogP contribution in [0, 0.1) is 5.92 Å². The SMILES string of the molecule is CNCC(c1ccccc1)N1CC(C)CCC1C. The van der Waals surface area contributed by atoms with Gasteiger partial charge in [0.1, 0.15) is 0 Å². The van der Waals surface area contributed by atoms with E-state index < -0.39 is 0 Å². The van der Waals surface area contributed by atoms with E-state index in [0.29, 0.717) is 12.1 Å². The fraction of sp³-hybridized carbons (Fsp3) is 0.625. The van der Waals surface area contributed by atoms with E-state index in [1.54, 1.807) is 0 Å². The highest BCUT2D eigenvalue weighted by Crippen LogP contribution is 2.30. The Morgan fingerprint density at radius 1 is 1.22 bits per heavy atom. The lowest BCUT2D eigenvalue weighted by Crippen LogP contribution is -2.46. The molecule has 1 heterocycles. The second-order valence-electron chi connectivity index (χ2n) is 5.71. The Bertz CT molecular complexity index is 349. The van der Waals surface area contributed by atoms with Crippen LogP contribution in [-0.2, 0) is 0 Å². The Labute approximate surface area is 111 Å². The van der Waals surface area contributed by atoms with Crippen molar-refractivity contribution in [3.05, 3.63) is 35.9 Å². The molecule has 2 rings (SSSR count). The lowest BCUT2D eigenvalue weighted by atomic mass is 9.91. The number of likely N-dealkylation sites (tertiary alicyclic amines) is 1. The average Bonchev–Trinajstić information content (AvgIpc) is 2.40. The summed E-state index contributed by atoms with van der Waals surface area (Å²) in [6, 6.07) is 12.1.